The van der Waals surface area contributed by atoms with Crippen LogP contribution in [0.15, 0.2) is 35.3 Å². The van der Waals surface area contributed by atoms with Crippen molar-refractivity contribution in [3.63, 3.8) is 0 Å². The summed E-state index contributed by atoms with van der Waals surface area (Å²) in [6, 6.07) is 11.2. The van der Waals surface area contributed by atoms with Crippen LogP contribution in [0.5, 0.6) is 0 Å². The van der Waals surface area contributed by atoms with E-state index in [1.54, 1.807) is 0 Å². The van der Waals surface area contributed by atoms with Gasteiger partial charge in [0.15, 0.2) is 5.96 Å². The molecule has 2 fully saturated rings. The van der Waals surface area contributed by atoms with Gasteiger partial charge < -0.3 is 15.7 Å². The standard InChI is InChI=1S/C20H31N3O.HI/c1-2-21-19(23-17-8-10-18(24)11-9-17)22-15-20(12-13-20)14-16-6-4-3-5-7-16;/h3-7,17-18,24H,2,8-15H2,1H3,(H2,21,22,23);1H. The van der Waals surface area contributed by atoms with Crippen LogP contribution in [0.1, 0.15) is 51.0 Å². The molecule has 25 heavy (non-hydrogen) atoms. The fourth-order valence-corrected chi connectivity index (χ4v) is 3.58. The predicted octanol–water partition coefficient (Wildman–Crippen LogP) is 3.49. The lowest BCUT2D eigenvalue weighted by molar-refractivity contribution is 0.120. The first-order valence-corrected chi connectivity index (χ1v) is 9.46. The van der Waals surface area contributed by atoms with Crippen LogP contribution >= 0.6 is 24.0 Å². The molecule has 0 heterocycles. The van der Waals surface area contributed by atoms with E-state index in [0.717, 1.165) is 51.2 Å². The summed E-state index contributed by atoms with van der Waals surface area (Å²) in [6.07, 6.45) is 7.43. The molecule has 5 heteroatoms. The Kier molecular flexibility index (Phi) is 8.00. The molecule has 2 aliphatic carbocycles. The molecule has 0 saturated heterocycles. The van der Waals surface area contributed by atoms with Gasteiger partial charge in [-0.2, -0.15) is 0 Å². The highest BCUT2D eigenvalue weighted by Crippen LogP contribution is 2.48. The van der Waals surface area contributed by atoms with Crippen LogP contribution in [0.3, 0.4) is 0 Å². The van der Waals surface area contributed by atoms with Gasteiger partial charge in [-0.3, -0.25) is 4.99 Å². The summed E-state index contributed by atoms with van der Waals surface area (Å²) < 4.78 is 0. The van der Waals surface area contributed by atoms with Crippen molar-refractivity contribution >= 4 is 29.9 Å². The number of aliphatic hydroxyl groups excluding tert-OH is 1. The largest absolute Gasteiger partial charge is 0.393 e. The van der Waals surface area contributed by atoms with E-state index in [4.69, 9.17) is 4.99 Å². The summed E-state index contributed by atoms with van der Waals surface area (Å²) in [5.41, 5.74) is 1.79. The molecule has 1 aromatic carbocycles. The van der Waals surface area contributed by atoms with E-state index in [1.165, 1.54) is 18.4 Å². The summed E-state index contributed by atoms with van der Waals surface area (Å²) in [7, 11) is 0. The minimum absolute atomic E-state index is 0. The minimum Gasteiger partial charge on any atom is -0.393 e. The summed E-state index contributed by atoms with van der Waals surface area (Å²) in [4.78, 5) is 4.89. The van der Waals surface area contributed by atoms with Crippen molar-refractivity contribution in [2.75, 3.05) is 13.1 Å². The molecule has 0 aromatic heterocycles. The highest BCUT2D eigenvalue weighted by atomic mass is 127. The van der Waals surface area contributed by atoms with Crippen LogP contribution in [0, 0.1) is 5.41 Å². The Bertz CT molecular complexity index is 537. The van der Waals surface area contributed by atoms with Crippen LogP contribution < -0.4 is 10.6 Å². The first kappa shape index (κ1) is 20.5. The fraction of sp³-hybridized carbons (Fsp3) is 0.650. The van der Waals surface area contributed by atoms with E-state index < -0.39 is 0 Å². The maximum atomic E-state index is 9.65. The molecular weight excluding hydrogens is 425 g/mol. The lowest BCUT2D eigenvalue weighted by Gasteiger charge is -2.28. The van der Waals surface area contributed by atoms with Crippen molar-refractivity contribution in [1.82, 2.24) is 10.6 Å². The van der Waals surface area contributed by atoms with E-state index in [0.29, 0.717) is 11.5 Å². The molecule has 2 saturated carbocycles. The maximum absolute atomic E-state index is 9.65. The topological polar surface area (TPSA) is 56.7 Å². The number of benzene rings is 1. The number of aliphatic hydroxyl groups is 1. The molecule has 1 aromatic rings. The van der Waals surface area contributed by atoms with Gasteiger partial charge in [0.25, 0.3) is 0 Å². The Morgan fingerprint density at radius 2 is 1.84 bits per heavy atom. The quantitative estimate of drug-likeness (QED) is 0.348. The van der Waals surface area contributed by atoms with Gasteiger partial charge in [-0.05, 0) is 62.8 Å². The van der Waals surface area contributed by atoms with Crippen LogP contribution in [-0.2, 0) is 6.42 Å². The van der Waals surface area contributed by atoms with Gasteiger partial charge in [0.1, 0.15) is 0 Å². The Labute approximate surface area is 168 Å². The van der Waals surface area contributed by atoms with E-state index in [2.05, 4.69) is 47.9 Å². The molecule has 0 atom stereocenters. The lowest BCUT2D eigenvalue weighted by atomic mass is 9.93. The zero-order valence-corrected chi connectivity index (χ0v) is 17.5. The summed E-state index contributed by atoms with van der Waals surface area (Å²) >= 11 is 0. The molecule has 0 unspecified atom stereocenters. The van der Waals surface area contributed by atoms with Gasteiger partial charge in [0.05, 0.1) is 6.10 Å². The van der Waals surface area contributed by atoms with Gasteiger partial charge >= 0.3 is 0 Å². The molecular formula is C20H32IN3O. The normalized spacial score (nSPS) is 25.0. The second kappa shape index (κ2) is 9.76. The molecule has 0 aliphatic heterocycles. The zero-order chi connectivity index (χ0) is 16.8. The third kappa shape index (κ3) is 6.44. The van der Waals surface area contributed by atoms with Crippen molar-refractivity contribution in [3.8, 4) is 0 Å². The summed E-state index contributed by atoms with van der Waals surface area (Å²) in [5.74, 6) is 0.943. The number of aliphatic imine (C=N–C) groups is 1. The lowest BCUT2D eigenvalue weighted by Crippen LogP contribution is -2.45. The van der Waals surface area contributed by atoms with Crippen LogP contribution in [0.2, 0.25) is 0 Å². The fourth-order valence-electron chi connectivity index (χ4n) is 3.58. The van der Waals surface area contributed by atoms with Gasteiger partial charge in [-0.15, -0.1) is 24.0 Å². The molecule has 2 aliphatic rings. The Hall–Kier alpha value is -0.820. The van der Waals surface area contributed by atoms with Crippen molar-refractivity contribution in [2.24, 2.45) is 10.4 Å². The van der Waals surface area contributed by atoms with Crippen molar-refractivity contribution in [3.05, 3.63) is 35.9 Å². The predicted molar refractivity (Wildman–Crippen MR) is 115 cm³/mol. The van der Waals surface area contributed by atoms with Gasteiger partial charge in [0.2, 0.25) is 0 Å². The number of halogens is 1. The van der Waals surface area contributed by atoms with Crippen LogP contribution in [0.4, 0.5) is 0 Å². The van der Waals surface area contributed by atoms with Crippen molar-refractivity contribution in [2.45, 2.75) is 64.0 Å². The molecule has 0 amide bonds. The van der Waals surface area contributed by atoms with Gasteiger partial charge in [-0.25, -0.2) is 0 Å². The molecule has 3 rings (SSSR count). The molecule has 140 valence electrons. The third-order valence-corrected chi connectivity index (χ3v) is 5.33. The SMILES string of the molecule is CCNC(=NCC1(Cc2ccccc2)CC1)NC1CCC(O)CC1.I. The zero-order valence-electron chi connectivity index (χ0n) is 15.2. The van der Waals surface area contributed by atoms with Crippen LogP contribution in [0.25, 0.3) is 0 Å². The van der Waals surface area contributed by atoms with E-state index in [-0.39, 0.29) is 30.1 Å². The van der Waals surface area contributed by atoms with Crippen molar-refractivity contribution in [1.29, 1.82) is 0 Å². The average molecular weight is 457 g/mol. The van der Waals surface area contributed by atoms with E-state index in [9.17, 15) is 5.11 Å². The first-order chi connectivity index (χ1) is 11.7. The third-order valence-electron chi connectivity index (χ3n) is 5.33. The monoisotopic (exact) mass is 457 g/mol. The van der Waals surface area contributed by atoms with Crippen molar-refractivity contribution < 1.29 is 5.11 Å². The number of nitrogens with zero attached hydrogens (tertiary/aromatic N) is 1. The highest BCUT2D eigenvalue weighted by molar-refractivity contribution is 14.0. The highest BCUT2D eigenvalue weighted by Gasteiger charge is 2.42. The van der Waals surface area contributed by atoms with Gasteiger partial charge in [0, 0.05) is 19.1 Å². The van der Waals surface area contributed by atoms with E-state index in [1.807, 2.05) is 0 Å². The Morgan fingerprint density at radius 1 is 1.16 bits per heavy atom. The number of hydrogen-bond acceptors (Lipinski definition) is 2. The number of guanidine groups is 1. The number of hydrogen-bond donors (Lipinski definition) is 3. The molecule has 4 nitrogen and oxygen atoms in total. The summed E-state index contributed by atoms with van der Waals surface area (Å²) in [6.45, 7) is 3.89. The van der Waals surface area contributed by atoms with E-state index >= 15 is 0 Å². The number of nitrogens with one attached hydrogen (secondary N) is 2. The maximum Gasteiger partial charge on any atom is 0.191 e. The molecule has 0 bridgehead atoms. The molecule has 0 spiro atoms. The second-order valence-corrected chi connectivity index (χ2v) is 7.51. The minimum atomic E-state index is -0.108. The average Bonchev–Trinajstić information content (AvgIpc) is 3.36. The second-order valence-electron chi connectivity index (χ2n) is 7.51. The Balaban J connectivity index is 0.00000225. The Morgan fingerprint density at radius 3 is 2.44 bits per heavy atom. The summed E-state index contributed by atoms with van der Waals surface area (Å²) in [5, 5.41) is 16.6. The first-order valence-electron chi connectivity index (χ1n) is 9.46. The molecule has 3 N–H and O–H groups in total. The number of rotatable bonds is 6. The van der Waals surface area contributed by atoms with Crippen LogP contribution in [-0.4, -0.2) is 36.3 Å². The smallest absolute Gasteiger partial charge is 0.191 e. The van der Waals surface area contributed by atoms with Gasteiger partial charge in [-0.1, -0.05) is 30.3 Å². The molecule has 0 radical (unpaired) electrons.